The quantitative estimate of drug-likeness (QED) is 0.690. The summed E-state index contributed by atoms with van der Waals surface area (Å²) in [4.78, 5) is 24.3. The van der Waals surface area contributed by atoms with Crippen molar-refractivity contribution in [2.24, 2.45) is 5.73 Å². The number of rotatable bonds is 1. The van der Waals surface area contributed by atoms with Gasteiger partial charge in [0.25, 0.3) is 0 Å². The van der Waals surface area contributed by atoms with Gasteiger partial charge in [-0.1, -0.05) is 0 Å². The van der Waals surface area contributed by atoms with E-state index in [1.54, 1.807) is 9.91 Å². The predicted molar refractivity (Wildman–Crippen MR) is 69.8 cm³/mol. The van der Waals surface area contributed by atoms with Gasteiger partial charge in [-0.25, -0.2) is 14.6 Å². The number of amides is 3. The molecule has 1 heterocycles. The van der Waals surface area contributed by atoms with E-state index in [-0.39, 0.29) is 6.09 Å². The van der Waals surface area contributed by atoms with Gasteiger partial charge in [0.05, 0.1) is 0 Å². The number of thiol groups is 1. The van der Waals surface area contributed by atoms with Crippen LogP contribution in [-0.2, 0) is 4.74 Å². The van der Waals surface area contributed by atoms with Gasteiger partial charge in [0.1, 0.15) is 5.60 Å². The highest BCUT2D eigenvalue weighted by molar-refractivity contribution is 7.78. The summed E-state index contributed by atoms with van der Waals surface area (Å²) in [6, 6.07) is -0.635. The van der Waals surface area contributed by atoms with E-state index in [1.165, 1.54) is 0 Å². The Balaban J connectivity index is 2.44. The van der Waals surface area contributed by atoms with Crippen LogP contribution in [0, 0.1) is 0 Å². The molecule has 0 aromatic heterocycles. The maximum Gasteiger partial charge on any atom is 0.410 e. The molecule has 0 radical (unpaired) electrons. The van der Waals surface area contributed by atoms with Crippen LogP contribution in [0.2, 0.25) is 0 Å². The highest BCUT2D eigenvalue weighted by Crippen LogP contribution is 2.13. The number of carbonyl (C=O) groups excluding carboxylic acids is 2. The Morgan fingerprint density at radius 3 is 2.11 bits per heavy atom. The molecule has 1 aliphatic rings. The molecule has 0 aromatic carbocycles. The number of hydrogen-bond acceptors (Lipinski definition) is 5. The molecule has 0 aromatic rings. The molecule has 7 nitrogen and oxygen atoms in total. The minimum absolute atomic E-state index is 0.341. The predicted octanol–water partition coefficient (Wildman–Crippen LogP) is 0.680. The van der Waals surface area contributed by atoms with Gasteiger partial charge < -0.3 is 15.4 Å². The standard InChI is InChI=1S/C10H20N4O3S/c1-10(2,3)17-9(16)12-4-6-13(7-5-12)14(18)8(11)15/h18H,4-7H2,1-3H3,(H2,11,15). The van der Waals surface area contributed by atoms with Crippen LogP contribution >= 0.6 is 12.8 Å². The molecule has 1 aliphatic heterocycles. The number of piperazine rings is 1. The van der Waals surface area contributed by atoms with Crippen molar-refractivity contribution in [1.29, 1.82) is 0 Å². The maximum absolute atomic E-state index is 11.8. The summed E-state index contributed by atoms with van der Waals surface area (Å²) in [5.74, 6) is 0. The zero-order valence-electron chi connectivity index (χ0n) is 10.9. The van der Waals surface area contributed by atoms with Crippen LogP contribution in [0.5, 0.6) is 0 Å². The van der Waals surface area contributed by atoms with E-state index in [4.69, 9.17) is 10.5 Å². The van der Waals surface area contributed by atoms with Gasteiger partial charge in [0, 0.05) is 26.2 Å². The van der Waals surface area contributed by atoms with Crippen LogP contribution in [-0.4, -0.2) is 58.2 Å². The van der Waals surface area contributed by atoms with Crippen molar-refractivity contribution >= 4 is 24.9 Å². The minimum Gasteiger partial charge on any atom is -0.444 e. The Morgan fingerprint density at radius 2 is 1.72 bits per heavy atom. The number of nitrogens with zero attached hydrogens (tertiary/aromatic N) is 3. The molecule has 1 saturated heterocycles. The van der Waals surface area contributed by atoms with Crippen molar-refractivity contribution in [3.63, 3.8) is 0 Å². The number of nitrogens with two attached hydrogens (primary N) is 1. The van der Waals surface area contributed by atoms with E-state index in [0.29, 0.717) is 26.2 Å². The van der Waals surface area contributed by atoms with Gasteiger partial charge in [-0.15, -0.1) is 0 Å². The summed E-state index contributed by atoms with van der Waals surface area (Å²) in [6.07, 6.45) is -0.341. The number of carbonyl (C=O) groups is 2. The van der Waals surface area contributed by atoms with E-state index in [9.17, 15) is 9.59 Å². The van der Waals surface area contributed by atoms with Crippen molar-refractivity contribution < 1.29 is 14.3 Å². The summed E-state index contributed by atoms with van der Waals surface area (Å²) in [5, 5.41) is 1.67. The number of ether oxygens (including phenoxy) is 1. The smallest absolute Gasteiger partial charge is 0.410 e. The number of urea groups is 1. The summed E-state index contributed by atoms with van der Waals surface area (Å²) in [5.41, 5.74) is 4.61. The van der Waals surface area contributed by atoms with Crippen LogP contribution in [0.25, 0.3) is 0 Å². The van der Waals surface area contributed by atoms with Gasteiger partial charge in [0.2, 0.25) is 0 Å². The van der Waals surface area contributed by atoms with Crippen molar-refractivity contribution in [3.8, 4) is 0 Å². The molecule has 0 saturated carbocycles. The highest BCUT2D eigenvalue weighted by atomic mass is 32.1. The molecule has 0 bridgehead atoms. The second-order valence-corrected chi connectivity index (χ2v) is 5.43. The fourth-order valence-corrected chi connectivity index (χ4v) is 1.71. The molecule has 0 atom stereocenters. The Hall–Kier alpha value is -1.15. The van der Waals surface area contributed by atoms with Crippen LogP contribution in [0.3, 0.4) is 0 Å². The Labute approximate surface area is 112 Å². The van der Waals surface area contributed by atoms with E-state index in [0.717, 1.165) is 4.41 Å². The summed E-state index contributed by atoms with van der Waals surface area (Å²) in [6.45, 7) is 7.40. The fraction of sp³-hybridized carbons (Fsp3) is 0.800. The molecule has 2 N–H and O–H groups in total. The fourth-order valence-electron chi connectivity index (χ4n) is 1.53. The lowest BCUT2D eigenvalue weighted by Crippen LogP contribution is -2.55. The summed E-state index contributed by atoms with van der Waals surface area (Å²) >= 11 is 3.97. The highest BCUT2D eigenvalue weighted by Gasteiger charge is 2.28. The Bertz CT molecular complexity index is 324. The first kappa shape index (κ1) is 14.9. The average Bonchev–Trinajstić information content (AvgIpc) is 2.26. The van der Waals surface area contributed by atoms with Crippen LogP contribution < -0.4 is 5.73 Å². The third kappa shape index (κ3) is 4.26. The van der Waals surface area contributed by atoms with Crippen molar-refractivity contribution in [2.45, 2.75) is 26.4 Å². The molecule has 18 heavy (non-hydrogen) atoms. The second-order valence-electron chi connectivity index (χ2n) is 5.05. The molecule has 8 heteroatoms. The minimum atomic E-state index is -0.635. The van der Waals surface area contributed by atoms with Gasteiger partial charge in [0.15, 0.2) is 0 Å². The summed E-state index contributed by atoms with van der Waals surface area (Å²) in [7, 11) is 0. The van der Waals surface area contributed by atoms with Crippen LogP contribution in [0.1, 0.15) is 20.8 Å². The maximum atomic E-state index is 11.8. The molecule has 0 aliphatic carbocycles. The van der Waals surface area contributed by atoms with Gasteiger partial charge in [-0.3, -0.25) is 0 Å². The molecule has 0 spiro atoms. The van der Waals surface area contributed by atoms with Gasteiger partial charge in [-0.05, 0) is 33.6 Å². The number of hydrazine groups is 1. The van der Waals surface area contributed by atoms with E-state index >= 15 is 0 Å². The zero-order chi connectivity index (χ0) is 13.9. The molecular formula is C10H20N4O3S. The van der Waals surface area contributed by atoms with Crippen molar-refractivity contribution in [1.82, 2.24) is 14.3 Å². The number of primary amides is 1. The first-order valence-corrected chi connectivity index (χ1v) is 6.12. The van der Waals surface area contributed by atoms with Crippen LogP contribution in [0.4, 0.5) is 9.59 Å². The molecule has 104 valence electrons. The molecular weight excluding hydrogens is 256 g/mol. The lowest BCUT2D eigenvalue weighted by Gasteiger charge is -2.38. The first-order valence-electron chi connectivity index (χ1n) is 5.72. The Morgan fingerprint density at radius 1 is 1.22 bits per heavy atom. The third-order valence-corrected chi connectivity index (χ3v) is 2.82. The SMILES string of the molecule is CC(C)(C)OC(=O)N1CCN(N(S)C(N)=O)CC1. The average molecular weight is 276 g/mol. The Kier molecular flexibility index (Phi) is 4.69. The van der Waals surface area contributed by atoms with E-state index in [2.05, 4.69) is 12.8 Å². The van der Waals surface area contributed by atoms with Crippen LogP contribution in [0.15, 0.2) is 0 Å². The number of hydrogen-bond donors (Lipinski definition) is 2. The van der Waals surface area contributed by atoms with Gasteiger partial charge >= 0.3 is 12.1 Å². The van der Waals surface area contributed by atoms with E-state index < -0.39 is 11.6 Å². The molecule has 0 unspecified atom stereocenters. The third-order valence-electron chi connectivity index (χ3n) is 2.37. The van der Waals surface area contributed by atoms with Crippen molar-refractivity contribution in [3.05, 3.63) is 0 Å². The molecule has 3 amide bonds. The zero-order valence-corrected chi connectivity index (χ0v) is 11.8. The van der Waals surface area contributed by atoms with Gasteiger partial charge in [-0.2, -0.15) is 4.41 Å². The van der Waals surface area contributed by atoms with E-state index in [1.807, 2.05) is 20.8 Å². The molecule has 1 rings (SSSR count). The second kappa shape index (κ2) is 5.66. The lowest BCUT2D eigenvalue weighted by molar-refractivity contribution is -0.000681. The molecule has 1 fully saturated rings. The summed E-state index contributed by atoms with van der Waals surface area (Å²) < 4.78 is 6.33. The monoisotopic (exact) mass is 276 g/mol. The largest absolute Gasteiger partial charge is 0.444 e. The lowest BCUT2D eigenvalue weighted by atomic mass is 10.2. The first-order chi connectivity index (χ1) is 8.20. The van der Waals surface area contributed by atoms with Crippen molar-refractivity contribution in [2.75, 3.05) is 26.2 Å². The topological polar surface area (TPSA) is 79.1 Å². The normalized spacial score (nSPS) is 17.4.